The summed E-state index contributed by atoms with van der Waals surface area (Å²) >= 11 is 0. The number of aliphatic hydroxyl groups excluding tert-OH is 1. The summed E-state index contributed by atoms with van der Waals surface area (Å²) in [5.41, 5.74) is 3.00. The number of carbonyl (C=O) groups is 1. The zero-order valence-corrected chi connectivity index (χ0v) is 18.1. The quantitative estimate of drug-likeness (QED) is 0.599. The zero-order valence-electron chi connectivity index (χ0n) is 18.1. The number of fused-ring (bicyclic) bond motifs is 2. The molecule has 1 aromatic carbocycles. The Balaban J connectivity index is 1.39. The third kappa shape index (κ3) is 3.40. The molecule has 0 unspecified atom stereocenters. The van der Waals surface area contributed by atoms with Crippen LogP contribution in [0.3, 0.4) is 0 Å². The van der Waals surface area contributed by atoms with E-state index in [2.05, 4.69) is 20.7 Å². The summed E-state index contributed by atoms with van der Waals surface area (Å²) < 4.78 is 1.81. The second kappa shape index (κ2) is 7.23. The van der Waals surface area contributed by atoms with Gasteiger partial charge in [-0.25, -0.2) is 0 Å². The lowest BCUT2D eigenvalue weighted by Gasteiger charge is -2.26. The van der Waals surface area contributed by atoms with Crippen LogP contribution in [0.2, 0.25) is 0 Å². The number of amides is 1. The Morgan fingerprint density at radius 3 is 2.68 bits per heavy atom. The number of aliphatic hydroxyl groups is 1. The molecule has 0 bridgehead atoms. The van der Waals surface area contributed by atoms with Gasteiger partial charge in [-0.2, -0.15) is 9.50 Å². The Morgan fingerprint density at radius 1 is 1.13 bits per heavy atom. The Bertz CT molecular complexity index is 1150. The van der Waals surface area contributed by atoms with Crippen LogP contribution in [0.1, 0.15) is 45.1 Å². The number of hydrogen-bond acceptors (Lipinski definition) is 6. The van der Waals surface area contributed by atoms with Gasteiger partial charge in [-0.05, 0) is 69.4 Å². The van der Waals surface area contributed by atoms with Crippen molar-refractivity contribution in [1.29, 1.82) is 0 Å². The minimum Gasteiger partial charge on any atom is -0.393 e. The first-order chi connectivity index (χ1) is 14.8. The summed E-state index contributed by atoms with van der Waals surface area (Å²) in [4.78, 5) is 18.9. The third-order valence-corrected chi connectivity index (χ3v) is 6.54. The second-order valence-corrected chi connectivity index (χ2v) is 9.11. The molecule has 0 radical (unpaired) electrons. The summed E-state index contributed by atoms with van der Waals surface area (Å²) in [5, 5.41) is 21.2. The molecule has 162 valence electrons. The van der Waals surface area contributed by atoms with E-state index in [-0.39, 0.29) is 12.0 Å². The van der Waals surface area contributed by atoms with Gasteiger partial charge >= 0.3 is 0 Å². The molecule has 1 amide bonds. The molecular weight excluding hydrogens is 392 g/mol. The van der Waals surface area contributed by atoms with E-state index in [1.54, 1.807) is 9.42 Å². The van der Waals surface area contributed by atoms with Crippen molar-refractivity contribution in [2.24, 2.45) is 0 Å². The van der Waals surface area contributed by atoms with Gasteiger partial charge in [0.15, 0.2) is 5.65 Å². The minimum atomic E-state index is -0.514. The number of nitrogens with one attached hydrogen (secondary N) is 2. The molecular formula is C23H28N6O2. The molecule has 1 saturated carbocycles. The van der Waals surface area contributed by atoms with E-state index in [1.807, 2.05) is 57.3 Å². The van der Waals surface area contributed by atoms with Crippen LogP contribution in [0.5, 0.6) is 0 Å². The highest BCUT2D eigenvalue weighted by Crippen LogP contribution is 2.42. The first-order valence-electron chi connectivity index (χ1n) is 10.8. The maximum absolute atomic E-state index is 12.5. The SMILES string of the molecule is CN1C(=O)C(C)(C)c2ccc(Nc3nc4cccc(NC5CCC(O)CC5)n4n3)cc21. The van der Waals surface area contributed by atoms with Crippen molar-refractivity contribution in [2.75, 3.05) is 22.6 Å². The van der Waals surface area contributed by atoms with E-state index < -0.39 is 5.41 Å². The van der Waals surface area contributed by atoms with Gasteiger partial charge in [0.1, 0.15) is 5.82 Å². The van der Waals surface area contributed by atoms with Crippen molar-refractivity contribution in [2.45, 2.75) is 57.1 Å². The number of anilines is 4. The predicted octanol–water partition coefficient (Wildman–Crippen LogP) is 3.44. The normalized spacial score (nSPS) is 22.6. The Kier molecular flexibility index (Phi) is 4.62. The number of likely N-dealkylation sites (N-methyl/N-ethyl adjacent to an activating group) is 1. The fraction of sp³-hybridized carbons (Fsp3) is 0.435. The van der Waals surface area contributed by atoms with Gasteiger partial charge in [0.2, 0.25) is 11.9 Å². The average Bonchev–Trinajstić information content (AvgIpc) is 3.23. The maximum Gasteiger partial charge on any atom is 0.247 e. The van der Waals surface area contributed by atoms with Gasteiger partial charge in [-0.15, -0.1) is 5.10 Å². The molecule has 3 aromatic rings. The third-order valence-electron chi connectivity index (χ3n) is 6.54. The van der Waals surface area contributed by atoms with Crippen LogP contribution in [0.25, 0.3) is 5.65 Å². The van der Waals surface area contributed by atoms with E-state index in [0.717, 1.165) is 54.1 Å². The average molecular weight is 421 g/mol. The molecule has 5 rings (SSSR count). The van der Waals surface area contributed by atoms with Gasteiger partial charge in [0, 0.05) is 24.5 Å². The van der Waals surface area contributed by atoms with Crippen LogP contribution in [0.15, 0.2) is 36.4 Å². The van der Waals surface area contributed by atoms with Crippen LogP contribution in [-0.4, -0.2) is 44.8 Å². The first-order valence-corrected chi connectivity index (χ1v) is 10.8. The van der Waals surface area contributed by atoms with Crippen LogP contribution < -0.4 is 15.5 Å². The number of carbonyl (C=O) groups excluding carboxylic acids is 1. The second-order valence-electron chi connectivity index (χ2n) is 9.11. The minimum absolute atomic E-state index is 0.0939. The van der Waals surface area contributed by atoms with Crippen LogP contribution in [-0.2, 0) is 10.2 Å². The predicted molar refractivity (Wildman–Crippen MR) is 121 cm³/mol. The van der Waals surface area contributed by atoms with Crippen LogP contribution in [0.4, 0.5) is 23.1 Å². The lowest BCUT2D eigenvalue weighted by molar-refractivity contribution is -0.121. The summed E-state index contributed by atoms with van der Waals surface area (Å²) in [6.07, 6.45) is 3.35. The fourth-order valence-corrected chi connectivity index (χ4v) is 4.69. The van der Waals surface area contributed by atoms with Crippen LogP contribution >= 0.6 is 0 Å². The number of pyridine rings is 1. The molecule has 0 spiro atoms. The lowest BCUT2D eigenvalue weighted by atomic mass is 9.86. The Hall–Kier alpha value is -3.13. The molecule has 31 heavy (non-hydrogen) atoms. The number of hydrogen-bond donors (Lipinski definition) is 3. The van der Waals surface area contributed by atoms with Gasteiger partial charge in [0.05, 0.1) is 11.5 Å². The van der Waals surface area contributed by atoms with E-state index in [9.17, 15) is 9.90 Å². The molecule has 0 atom stereocenters. The monoisotopic (exact) mass is 420 g/mol. The molecule has 0 saturated heterocycles. The van der Waals surface area contributed by atoms with Crippen molar-refractivity contribution in [1.82, 2.24) is 14.6 Å². The smallest absolute Gasteiger partial charge is 0.247 e. The molecule has 1 aliphatic heterocycles. The molecule has 2 aliphatic rings. The largest absolute Gasteiger partial charge is 0.393 e. The zero-order chi connectivity index (χ0) is 21.8. The van der Waals surface area contributed by atoms with E-state index >= 15 is 0 Å². The highest BCUT2D eigenvalue weighted by molar-refractivity contribution is 6.07. The highest BCUT2D eigenvalue weighted by Gasteiger charge is 2.42. The Labute approximate surface area is 181 Å². The summed E-state index contributed by atoms with van der Waals surface area (Å²) in [6.45, 7) is 3.91. The highest BCUT2D eigenvalue weighted by atomic mass is 16.3. The summed E-state index contributed by atoms with van der Waals surface area (Å²) in [5.74, 6) is 1.48. The fourth-order valence-electron chi connectivity index (χ4n) is 4.69. The molecule has 8 nitrogen and oxygen atoms in total. The number of aromatic nitrogens is 3. The molecule has 1 fully saturated rings. The van der Waals surface area contributed by atoms with Crippen molar-refractivity contribution in [3.8, 4) is 0 Å². The van der Waals surface area contributed by atoms with E-state index in [0.29, 0.717) is 12.0 Å². The molecule has 1 aliphatic carbocycles. The van der Waals surface area contributed by atoms with Crippen molar-refractivity contribution < 1.29 is 9.90 Å². The Morgan fingerprint density at radius 2 is 1.90 bits per heavy atom. The molecule has 2 aromatic heterocycles. The standard InChI is InChI=1S/C23H28N6O2/c1-23(2)17-12-9-15(13-18(17)28(3)21(23)31)25-22-26-20-6-4-5-19(29(20)27-22)24-14-7-10-16(30)11-8-14/h4-6,9,12-14,16,24,30H,7-8,10-11H2,1-3H3,(H,25,27). The number of rotatable bonds is 4. The molecule has 8 heteroatoms. The van der Waals surface area contributed by atoms with Crippen molar-refractivity contribution in [3.05, 3.63) is 42.0 Å². The van der Waals surface area contributed by atoms with Gasteiger partial charge in [-0.1, -0.05) is 12.1 Å². The molecule has 3 heterocycles. The van der Waals surface area contributed by atoms with Crippen molar-refractivity contribution in [3.63, 3.8) is 0 Å². The van der Waals surface area contributed by atoms with E-state index in [1.165, 1.54) is 0 Å². The topological polar surface area (TPSA) is 94.8 Å². The summed E-state index contributed by atoms with van der Waals surface area (Å²) in [7, 11) is 1.81. The first kappa shape index (κ1) is 19.8. The number of nitrogens with zero attached hydrogens (tertiary/aromatic N) is 4. The summed E-state index contributed by atoms with van der Waals surface area (Å²) in [6, 6.07) is 12.1. The number of benzene rings is 1. The lowest BCUT2D eigenvalue weighted by Crippen LogP contribution is -2.33. The molecule has 3 N–H and O–H groups in total. The van der Waals surface area contributed by atoms with Crippen molar-refractivity contribution >= 4 is 34.7 Å². The van der Waals surface area contributed by atoms with E-state index in [4.69, 9.17) is 0 Å². The van der Waals surface area contributed by atoms with Gasteiger partial charge < -0.3 is 20.6 Å². The van der Waals surface area contributed by atoms with Gasteiger partial charge in [0.25, 0.3) is 0 Å². The maximum atomic E-state index is 12.5. The van der Waals surface area contributed by atoms with Gasteiger partial charge in [-0.3, -0.25) is 4.79 Å². The van der Waals surface area contributed by atoms with Crippen LogP contribution in [0, 0.1) is 0 Å².